The largest absolute Gasteiger partial charge is 0.466 e. The lowest BCUT2D eigenvalue weighted by Gasteiger charge is -2.18. The van der Waals surface area contributed by atoms with E-state index in [0.29, 0.717) is 5.76 Å². The Hall–Kier alpha value is -2.07. The van der Waals surface area contributed by atoms with Gasteiger partial charge in [0.25, 0.3) is 0 Å². The number of benzene rings is 1. The summed E-state index contributed by atoms with van der Waals surface area (Å²) in [6.45, 7) is 5.70. The van der Waals surface area contributed by atoms with Crippen LogP contribution < -0.4 is 5.32 Å². The molecule has 4 nitrogen and oxygen atoms in total. The van der Waals surface area contributed by atoms with Crippen molar-refractivity contribution in [2.24, 2.45) is 0 Å². The molecule has 4 heteroatoms. The van der Waals surface area contributed by atoms with E-state index in [2.05, 4.69) is 5.32 Å². The number of nitrogens with one attached hydrogen (secondary N) is 1. The summed E-state index contributed by atoms with van der Waals surface area (Å²) in [5, 5.41) is 13.3. The molecule has 1 unspecified atom stereocenters. The number of hydrogen-bond acceptors (Lipinski definition) is 3. The number of aliphatic hydroxyl groups is 1. The highest BCUT2D eigenvalue weighted by Crippen LogP contribution is 2.41. The lowest BCUT2D eigenvalue weighted by atomic mass is 9.84. The molecule has 2 N–H and O–H groups in total. The molecule has 1 aliphatic heterocycles. The Labute approximate surface area is 117 Å². The summed E-state index contributed by atoms with van der Waals surface area (Å²) in [7, 11) is 0. The highest BCUT2D eigenvalue weighted by Gasteiger charge is 2.39. The minimum Gasteiger partial charge on any atom is -0.466 e. The van der Waals surface area contributed by atoms with E-state index in [1.165, 1.54) is 6.26 Å². The summed E-state index contributed by atoms with van der Waals surface area (Å²) in [4.78, 5) is 12.0. The first kappa shape index (κ1) is 12.9. The lowest BCUT2D eigenvalue weighted by molar-refractivity contribution is -0.119. The molecule has 2 heterocycles. The van der Waals surface area contributed by atoms with Crippen molar-refractivity contribution in [1.82, 2.24) is 0 Å². The van der Waals surface area contributed by atoms with Crippen LogP contribution in [0, 0.1) is 6.92 Å². The van der Waals surface area contributed by atoms with Gasteiger partial charge in [0.15, 0.2) is 0 Å². The van der Waals surface area contributed by atoms with Crippen molar-refractivity contribution in [3.63, 3.8) is 0 Å². The molecule has 20 heavy (non-hydrogen) atoms. The number of carbonyl (C=O) groups is 1. The van der Waals surface area contributed by atoms with Crippen molar-refractivity contribution >= 4 is 11.6 Å². The highest BCUT2D eigenvalue weighted by atomic mass is 16.4. The third-order valence-corrected chi connectivity index (χ3v) is 3.97. The zero-order chi connectivity index (χ0) is 14.5. The molecule has 0 aliphatic carbocycles. The van der Waals surface area contributed by atoms with Gasteiger partial charge in [-0.1, -0.05) is 6.07 Å². The molecule has 1 atom stereocenters. The van der Waals surface area contributed by atoms with Crippen LogP contribution in [-0.2, 0) is 10.2 Å². The molecule has 0 saturated heterocycles. The molecular formula is C16H17NO3. The standard InChI is InChI=1S/C16H17NO3/c1-9-7-10(14(18)12-5-4-6-20-12)8-11-13(9)17-15(19)16(11,2)3/h4-8,14,18H,1-3H3,(H,17,19). The van der Waals surface area contributed by atoms with Gasteiger partial charge in [-0.3, -0.25) is 4.79 Å². The van der Waals surface area contributed by atoms with E-state index >= 15 is 0 Å². The first-order valence-electron chi connectivity index (χ1n) is 6.59. The first-order chi connectivity index (χ1) is 9.41. The second kappa shape index (κ2) is 4.21. The second-order valence-corrected chi connectivity index (χ2v) is 5.76. The molecule has 0 fully saturated rings. The third kappa shape index (κ3) is 1.76. The third-order valence-electron chi connectivity index (χ3n) is 3.97. The maximum Gasteiger partial charge on any atom is 0.234 e. The van der Waals surface area contributed by atoms with Crippen molar-refractivity contribution in [3.8, 4) is 0 Å². The Bertz CT molecular complexity index is 671. The number of furan rings is 1. The number of fused-ring (bicyclic) bond motifs is 1. The SMILES string of the molecule is Cc1cc(C(O)c2ccco2)cc2c1NC(=O)C2(C)C. The van der Waals surface area contributed by atoms with Crippen LogP contribution in [-0.4, -0.2) is 11.0 Å². The molecule has 0 radical (unpaired) electrons. The zero-order valence-corrected chi connectivity index (χ0v) is 11.7. The van der Waals surface area contributed by atoms with Crippen LogP contribution in [0.15, 0.2) is 34.9 Å². The van der Waals surface area contributed by atoms with Crippen molar-refractivity contribution in [2.45, 2.75) is 32.3 Å². The van der Waals surface area contributed by atoms with Crippen LogP contribution in [0.4, 0.5) is 5.69 Å². The van der Waals surface area contributed by atoms with Crippen molar-refractivity contribution in [2.75, 3.05) is 5.32 Å². The number of amides is 1. The van der Waals surface area contributed by atoms with E-state index in [9.17, 15) is 9.90 Å². The summed E-state index contributed by atoms with van der Waals surface area (Å²) in [6, 6.07) is 7.25. The summed E-state index contributed by atoms with van der Waals surface area (Å²) in [5.74, 6) is 0.486. The van der Waals surface area contributed by atoms with E-state index in [1.807, 2.05) is 32.9 Å². The Morgan fingerprint density at radius 2 is 2.10 bits per heavy atom. The predicted octanol–water partition coefficient (Wildman–Crippen LogP) is 2.90. The van der Waals surface area contributed by atoms with Gasteiger partial charge in [0.1, 0.15) is 11.9 Å². The highest BCUT2D eigenvalue weighted by molar-refractivity contribution is 6.06. The number of hydrogen-bond donors (Lipinski definition) is 2. The van der Waals surface area contributed by atoms with E-state index in [0.717, 1.165) is 22.4 Å². The van der Waals surface area contributed by atoms with Crippen LogP contribution >= 0.6 is 0 Å². The zero-order valence-electron chi connectivity index (χ0n) is 11.7. The van der Waals surface area contributed by atoms with Gasteiger partial charge in [-0.25, -0.2) is 0 Å². The minimum absolute atomic E-state index is 0.0137. The maximum absolute atomic E-state index is 12.0. The number of rotatable bonds is 2. The Kier molecular flexibility index (Phi) is 2.73. The van der Waals surface area contributed by atoms with Crippen LogP contribution in [0.3, 0.4) is 0 Å². The van der Waals surface area contributed by atoms with Crippen molar-refractivity contribution < 1.29 is 14.3 Å². The molecule has 1 aliphatic rings. The van der Waals surface area contributed by atoms with E-state index in [-0.39, 0.29) is 5.91 Å². The monoisotopic (exact) mass is 271 g/mol. The molecule has 2 aromatic rings. The van der Waals surface area contributed by atoms with E-state index in [4.69, 9.17) is 4.42 Å². The number of carbonyl (C=O) groups excluding carboxylic acids is 1. The number of anilines is 1. The fourth-order valence-corrected chi connectivity index (χ4v) is 2.64. The molecule has 0 saturated carbocycles. The average Bonchev–Trinajstić information content (AvgIpc) is 2.99. The van der Waals surface area contributed by atoms with Crippen LogP contribution in [0.25, 0.3) is 0 Å². The number of aliphatic hydroxyl groups excluding tert-OH is 1. The minimum atomic E-state index is -0.819. The number of aryl methyl sites for hydroxylation is 1. The molecule has 104 valence electrons. The van der Waals surface area contributed by atoms with Gasteiger partial charge in [-0.15, -0.1) is 0 Å². The summed E-state index contributed by atoms with van der Waals surface area (Å²) >= 11 is 0. The smallest absolute Gasteiger partial charge is 0.234 e. The molecule has 1 aromatic carbocycles. The predicted molar refractivity (Wildman–Crippen MR) is 75.6 cm³/mol. The van der Waals surface area contributed by atoms with Gasteiger partial charge in [0, 0.05) is 5.69 Å². The molecule has 0 bridgehead atoms. The van der Waals surface area contributed by atoms with Crippen LogP contribution in [0.5, 0.6) is 0 Å². The topological polar surface area (TPSA) is 62.5 Å². The van der Waals surface area contributed by atoms with E-state index < -0.39 is 11.5 Å². The van der Waals surface area contributed by atoms with Gasteiger partial charge in [0.05, 0.1) is 11.7 Å². The Morgan fingerprint density at radius 3 is 2.75 bits per heavy atom. The molecule has 0 spiro atoms. The maximum atomic E-state index is 12.0. The molecule has 1 amide bonds. The van der Waals surface area contributed by atoms with Crippen LogP contribution in [0.1, 0.15) is 42.4 Å². The summed E-state index contributed by atoms with van der Waals surface area (Å²) in [5.41, 5.74) is 2.88. The fourth-order valence-electron chi connectivity index (χ4n) is 2.64. The van der Waals surface area contributed by atoms with Gasteiger partial charge in [0.2, 0.25) is 5.91 Å². The fraction of sp³-hybridized carbons (Fsp3) is 0.312. The van der Waals surface area contributed by atoms with Gasteiger partial charge >= 0.3 is 0 Å². The van der Waals surface area contributed by atoms with Crippen molar-refractivity contribution in [1.29, 1.82) is 0 Å². The molecule has 3 rings (SSSR count). The lowest BCUT2D eigenvalue weighted by Crippen LogP contribution is -2.26. The summed E-state index contributed by atoms with van der Waals surface area (Å²) in [6.07, 6.45) is 0.717. The molecular weight excluding hydrogens is 254 g/mol. The van der Waals surface area contributed by atoms with Gasteiger partial charge in [-0.2, -0.15) is 0 Å². The average molecular weight is 271 g/mol. The van der Waals surface area contributed by atoms with Crippen LogP contribution in [0.2, 0.25) is 0 Å². The van der Waals surface area contributed by atoms with E-state index in [1.54, 1.807) is 12.1 Å². The first-order valence-corrected chi connectivity index (χ1v) is 6.59. The Morgan fingerprint density at radius 1 is 1.35 bits per heavy atom. The Balaban J connectivity index is 2.11. The molecule has 1 aromatic heterocycles. The van der Waals surface area contributed by atoms with Gasteiger partial charge < -0.3 is 14.8 Å². The van der Waals surface area contributed by atoms with Gasteiger partial charge in [-0.05, 0) is 55.7 Å². The summed E-state index contributed by atoms with van der Waals surface area (Å²) < 4.78 is 5.25. The normalized spacial score (nSPS) is 17.7. The van der Waals surface area contributed by atoms with Crippen molar-refractivity contribution in [3.05, 3.63) is 53.0 Å². The second-order valence-electron chi connectivity index (χ2n) is 5.76. The quantitative estimate of drug-likeness (QED) is 0.882.